The second kappa shape index (κ2) is 8.52. The van der Waals surface area contributed by atoms with Crippen molar-refractivity contribution in [1.29, 1.82) is 0 Å². The maximum atomic E-state index is 11.2. The first-order valence-corrected chi connectivity index (χ1v) is 10.3. The van der Waals surface area contributed by atoms with Crippen molar-refractivity contribution in [2.24, 2.45) is 0 Å². The van der Waals surface area contributed by atoms with Crippen molar-refractivity contribution in [3.63, 3.8) is 0 Å². The number of aromatic hydroxyl groups is 2. The average molecular weight is 417 g/mol. The number of phenols is 2. The Morgan fingerprint density at radius 3 is 2.61 bits per heavy atom. The number of rotatable bonds is 6. The fourth-order valence-electron chi connectivity index (χ4n) is 3.67. The highest BCUT2D eigenvalue weighted by Gasteiger charge is 2.25. The Morgan fingerprint density at radius 2 is 1.84 bits per heavy atom. The summed E-state index contributed by atoms with van der Waals surface area (Å²) in [5.41, 5.74) is 3.90. The Labute approximate surface area is 181 Å². The van der Waals surface area contributed by atoms with Gasteiger partial charge in [-0.3, -0.25) is 5.32 Å². The zero-order valence-electron chi connectivity index (χ0n) is 17.8. The van der Waals surface area contributed by atoms with Crippen molar-refractivity contribution in [2.45, 2.75) is 26.8 Å². The van der Waals surface area contributed by atoms with Gasteiger partial charge in [-0.25, -0.2) is 9.97 Å². The molecule has 0 aliphatic rings. The zero-order chi connectivity index (χ0) is 22.0. The summed E-state index contributed by atoms with van der Waals surface area (Å²) < 4.78 is 5.59. The molecule has 0 amide bonds. The van der Waals surface area contributed by atoms with Gasteiger partial charge in [0.1, 0.15) is 17.3 Å². The van der Waals surface area contributed by atoms with Crippen molar-refractivity contribution >= 4 is 16.7 Å². The molecule has 0 saturated heterocycles. The van der Waals surface area contributed by atoms with E-state index in [1.165, 1.54) is 0 Å². The van der Waals surface area contributed by atoms with Gasteiger partial charge in [0.25, 0.3) is 5.82 Å². The van der Waals surface area contributed by atoms with E-state index in [0.717, 1.165) is 28.2 Å². The Bertz CT molecular complexity index is 1240. The number of fused-ring (bicyclic) bond motifs is 1. The van der Waals surface area contributed by atoms with Crippen LogP contribution in [0.5, 0.6) is 17.2 Å². The number of phenolic OH excluding ortho intramolecular Hbond substituents is 2. The average Bonchev–Trinajstić information content (AvgIpc) is 2.75. The normalized spacial score (nSPS) is 12.0. The number of anilines is 1. The second-order valence-electron chi connectivity index (χ2n) is 7.51. The quantitative estimate of drug-likeness (QED) is 0.425. The molecule has 2 aromatic carbocycles. The SMILES string of the molecule is CCOc1cc([C@@H](Nc2cccc(C)[nH+]2)c2ccc3ccc(C)nc3c2O)ccc1O. The third-order valence-corrected chi connectivity index (χ3v) is 5.17. The lowest BCUT2D eigenvalue weighted by Crippen LogP contribution is -2.20. The number of hydrogen-bond acceptors (Lipinski definition) is 5. The van der Waals surface area contributed by atoms with Crippen molar-refractivity contribution in [2.75, 3.05) is 11.9 Å². The number of hydrogen-bond donors (Lipinski definition) is 3. The summed E-state index contributed by atoms with van der Waals surface area (Å²) in [7, 11) is 0. The molecule has 6 nitrogen and oxygen atoms in total. The Hall–Kier alpha value is -3.80. The number of aryl methyl sites for hydroxylation is 2. The summed E-state index contributed by atoms with van der Waals surface area (Å²) in [6, 6.07) is 18.4. The van der Waals surface area contributed by atoms with Gasteiger partial charge in [-0.2, -0.15) is 0 Å². The Morgan fingerprint density at radius 1 is 1.03 bits per heavy atom. The maximum absolute atomic E-state index is 11.2. The van der Waals surface area contributed by atoms with Gasteiger partial charge in [0.15, 0.2) is 11.5 Å². The summed E-state index contributed by atoms with van der Waals surface area (Å²) >= 11 is 0. The smallest absolute Gasteiger partial charge is 0.273 e. The minimum atomic E-state index is -0.412. The molecule has 0 bridgehead atoms. The van der Waals surface area contributed by atoms with Crippen LogP contribution in [0.25, 0.3) is 10.9 Å². The van der Waals surface area contributed by atoms with Crippen LogP contribution < -0.4 is 15.0 Å². The Balaban J connectivity index is 1.87. The van der Waals surface area contributed by atoms with Gasteiger partial charge >= 0.3 is 0 Å². The number of nitrogens with zero attached hydrogens (tertiary/aromatic N) is 1. The minimum absolute atomic E-state index is 0.0755. The van der Waals surface area contributed by atoms with Gasteiger partial charge in [-0.1, -0.05) is 24.3 Å². The molecule has 0 unspecified atom stereocenters. The number of aromatic nitrogens is 2. The monoisotopic (exact) mass is 416 g/mol. The molecule has 4 aromatic rings. The molecular formula is C25H26N3O3+. The van der Waals surface area contributed by atoms with E-state index >= 15 is 0 Å². The molecule has 1 atom stereocenters. The Kier molecular flexibility index (Phi) is 5.62. The van der Waals surface area contributed by atoms with Crippen LogP contribution in [0.15, 0.2) is 60.7 Å². The number of aromatic amines is 1. The standard InChI is InChI=1S/C25H25N3O3/c1-4-31-21-14-18(11-13-20(21)29)23(28-22-7-5-6-15(2)26-22)19-12-10-17-9-8-16(3)27-24(17)25(19)30/h5-14,23,29-30H,4H2,1-3H3,(H,26,28)/p+1/t23-/m1/s1. The van der Waals surface area contributed by atoms with Crippen LogP contribution >= 0.6 is 0 Å². The number of ether oxygens (including phenoxy) is 1. The van der Waals surface area contributed by atoms with Crippen molar-refractivity contribution in [1.82, 2.24) is 4.98 Å². The van der Waals surface area contributed by atoms with E-state index < -0.39 is 6.04 Å². The van der Waals surface area contributed by atoms with Gasteiger partial charge in [0, 0.05) is 28.3 Å². The minimum Gasteiger partial charge on any atom is -0.505 e. The fourth-order valence-corrected chi connectivity index (χ4v) is 3.67. The molecule has 2 aromatic heterocycles. The van der Waals surface area contributed by atoms with Crippen molar-refractivity contribution in [3.05, 3.63) is 83.2 Å². The van der Waals surface area contributed by atoms with E-state index in [1.54, 1.807) is 12.1 Å². The van der Waals surface area contributed by atoms with Crippen LogP contribution in [0.4, 0.5) is 5.82 Å². The first-order chi connectivity index (χ1) is 15.0. The molecule has 4 rings (SSSR count). The van der Waals surface area contributed by atoms with E-state index in [1.807, 2.05) is 69.3 Å². The zero-order valence-corrected chi connectivity index (χ0v) is 17.8. The molecule has 0 radical (unpaired) electrons. The molecule has 0 aliphatic heterocycles. The molecule has 158 valence electrons. The number of pyridine rings is 2. The highest BCUT2D eigenvalue weighted by Crippen LogP contribution is 2.38. The van der Waals surface area contributed by atoms with Crippen LogP contribution in [0.1, 0.15) is 35.5 Å². The lowest BCUT2D eigenvalue weighted by atomic mass is 9.95. The van der Waals surface area contributed by atoms with Gasteiger partial charge < -0.3 is 14.9 Å². The molecule has 0 fully saturated rings. The summed E-state index contributed by atoms with van der Waals surface area (Å²) in [5, 5.41) is 25.7. The molecule has 0 aliphatic carbocycles. The first-order valence-electron chi connectivity index (χ1n) is 10.3. The lowest BCUT2D eigenvalue weighted by molar-refractivity contribution is -0.371. The van der Waals surface area contributed by atoms with Crippen molar-refractivity contribution in [3.8, 4) is 17.2 Å². The first kappa shape index (κ1) is 20.5. The molecule has 0 saturated carbocycles. The van der Waals surface area contributed by atoms with E-state index in [-0.39, 0.29) is 11.5 Å². The molecule has 6 heteroatoms. The van der Waals surface area contributed by atoms with Crippen LogP contribution in [-0.2, 0) is 0 Å². The number of nitrogens with one attached hydrogen (secondary N) is 2. The molecule has 31 heavy (non-hydrogen) atoms. The van der Waals surface area contributed by atoms with Crippen LogP contribution in [-0.4, -0.2) is 21.8 Å². The molecule has 4 N–H and O–H groups in total. The van der Waals surface area contributed by atoms with E-state index in [0.29, 0.717) is 23.4 Å². The van der Waals surface area contributed by atoms with E-state index in [2.05, 4.69) is 15.3 Å². The fraction of sp³-hybridized carbons (Fsp3) is 0.200. The van der Waals surface area contributed by atoms with Crippen LogP contribution in [0.3, 0.4) is 0 Å². The molecule has 0 spiro atoms. The third kappa shape index (κ3) is 4.23. The van der Waals surface area contributed by atoms with Gasteiger partial charge in [-0.05, 0) is 51.1 Å². The predicted octanol–water partition coefficient (Wildman–Crippen LogP) is 4.68. The summed E-state index contributed by atoms with van der Waals surface area (Å²) in [4.78, 5) is 7.85. The maximum Gasteiger partial charge on any atom is 0.273 e. The van der Waals surface area contributed by atoms with Gasteiger partial charge in [0.2, 0.25) is 0 Å². The summed E-state index contributed by atoms with van der Waals surface area (Å²) in [5.74, 6) is 1.39. The van der Waals surface area contributed by atoms with E-state index in [4.69, 9.17) is 4.74 Å². The third-order valence-electron chi connectivity index (χ3n) is 5.17. The second-order valence-corrected chi connectivity index (χ2v) is 7.51. The summed E-state index contributed by atoms with van der Waals surface area (Å²) in [6.07, 6.45) is 0. The largest absolute Gasteiger partial charge is 0.505 e. The van der Waals surface area contributed by atoms with Gasteiger partial charge in [0.05, 0.1) is 12.3 Å². The highest BCUT2D eigenvalue weighted by molar-refractivity contribution is 5.86. The lowest BCUT2D eigenvalue weighted by Gasteiger charge is -2.19. The van der Waals surface area contributed by atoms with Crippen LogP contribution in [0, 0.1) is 13.8 Å². The van der Waals surface area contributed by atoms with Crippen molar-refractivity contribution < 1.29 is 19.9 Å². The number of H-pyrrole nitrogens is 1. The van der Waals surface area contributed by atoms with E-state index in [9.17, 15) is 10.2 Å². The number of benzene rings is 2. The van der Waals surface area contributed by atoms with Crippen LogP contribution in [0.2, 0.25) is 0 Å². The topological polar surface area (TPSA) is 88.8 Å². The summed E-state index contributed by atoms with van der Waals surface area (Å²) in [6.45, 7) is 6.18. The molecule has 2 heterocycles. The van der Waals surface area contributed by atoms with Gasteiger partial charge in [-0.15, -0.1) is 0 Å². The highest BCUT2D eigenvalue weighted by atomic mass is 16.5. The molecular weight excluding hydrogens is 390 g/mol. The predicted molar refractivity (Wildman–Crippen MR) is 121 cm³/mol.